The molecular formula is C8H15BrO3. The predicted octanol–water partition coefficient (Wildman–Crippen LogP) is 1.20. The lowest BCUT2D eigenvalue weighted by Gasteiger charge is -1.67. The lowest BCUT2D eigenvalue weighted by atomic mass is 10.6. The molecule has 0 saturated carbocycles. The van der Waals surface area contributed by atoms with Crippen LogP contribution in [-0.4, -0.2) is 44.0 Å². The highest BCUT2D eigenvalue weighted by Gasteiger charge is 2.19. The van der Waals surface area contributed by atoms with Gasteiger partial charge >= 0.3 is 0 Å². The second-order valence-electron chi connectivity index (χ2n) is 2.87. The predicted molar refractivity (Wildman–Crippen MR) is 49.8 cm³/mol. The number of rotatable bonds is 1. The summed E-state index contributed by atoms with van der Waals surface area (Å²) in [7, 11) is 0. The van der Waals surface area contributed by atoms with Crippen LogP contribution in [0, 0.1) is 0 Å². The fourth-order valence-electron chi connectivity index (χ4n) is 0.253. The molecule has 4 heteroatoms. The second-order valence-corrected chi connectivity index (χ2v) is 3.51. The van der Waals surface area contributed by atoms with Gasteiger partial charge in [0.05, 0.1) is 38.6 Å². The average Bonchev–Trinajstić information content (AvgIpc) is 2.86. The summed E-state index contributed by atoms with van der Waals surface area (Å²) in [5.41, 5.74) is 0. The van der Waals surface area contributed by atoms with Crippen LogP contribution in [0.3, 0.4) is 0 Å². The quantitative estimate of drug-likeness (QED) is 0.509. The summed E-state index contributed by atoms with van der Waals surface area (Å²) in [6.45, 7) is 6.01. The van der Waals surface area contributed by atoms with Crippen molar-refractivity contribution < 1.29 is 14.2 Å². The number of halogens is 1. The summed E-state index contributed by atoms with van der Waals surface area (Å²) in [5.74, 6) is 0. The van der Waals surface area contributed by atoms with E-state index in [1.54, 1.807) is 0 Å². The van der Waals surface area contributed by atoms with Gasteiger partial charge in [-0.25, -0.2) is 0 Å². The highest BCUT2D eigenvalue weighted by atomic mass is 79.9. The van der Waals surface area contributed by atoms with Gasteiger partial charge in [-0.15, -0.1) is 0 Å². The zero-order chi connectivity index (χ0) is 8.81. The molecule has 0 bridgehead atoms. The molecule has 3 aliphatic heterocycles. The molecule has 0 spiro atoms. The SMILES string of the molecule is BrCC1CO1.C1CO1.CC1CO1. The van der Waals surface area contributed by atoms with E-state index < -0.39 is 0 Å². The Hall–Kier alpha value is 0.360. The van der Waals surface area contributed by atoms with Gasteiger partial charge in [0.15, 0.2) is 0 Å². The summed E-state index contributed by atoms with van der Waals surface area (Å²) < 4.78 is 14.0. The van der Waals surface area contributed by atoms with E-state index in [9.17, 15) is 0 Å². The van der Waals surface area contributed by atoms with E-state index in [0.717, 1.165) is 31.8 Å². The Bertz CT molecular complexity index is 108. The first-order valence-electron chi connectivity index (χ1n) is 4.20. The molecule has 2 unspecified atom stereocenters. The normalized spacial score (nSPS) is 33.5. The highest BCUT2D eigenvalue weighted by molar-refractivity contribution is 9.09. The van der Waals surface area contributed by atoms with Gasteiger partial charge in [-0.2, -0.15) is 0 Å². The Kier molecular flexibility index (Phi) is 5.14. The minimum absolute atomic E-state index is 0.551. The summed E-state index contributed by atoms with van der Waals surface area (Å²) in [6, 6.07) is 0. The third kappa shape index (κ3) is 10.4. The molecule has 0 aromatic rings. The van der Waals surface area contributed by atoms with Crippen molar-refractivity contribution >= 4 is 15.9 Å². The molecule has 2 atom stereocenters. The summed E-state index contributed by atoms with van der Waals surface area (Å²) in [5, 5.41) is 1.01. The van der Waals surface area contributed by atoms with Crippen LogP contribution in [0.15, 0.2) is 0 Å². The molecule has 0 aliphatic carbocycles. The molecule has 0 amide bonds. The lowest BCUT2D eigenvalue weighted by Crippen LogP contribution is -1.79. The van der Waals surface area contributed by atoms with Gasteiger partial charge in [-0.1, -0.05) is 15.9 Å². The molecule has 0 radical (unpaired) electrons. The second kappa shape index (κ2) is 5.91. The van der Waals surface area contributed by atoms with E-state index in [0.29, 0.717) is 12.2 Å². The molecule has 12 heavy (non-hydrogen) atoms. The van der Waals surface area contributed by atoms with Crippen molar-refractivity contribution in [3.05, 3.63) is 0 Å². The Labute approximate surface area is 81.5 Å². The maximum Gasteiger partial charge on any atom is 0.0906 e. The van der Waals surface area contributed by atoms with Crippen LogP contribution in [0.2, 0.25) is 0 Å². The Morgan fingerprint density at radius 3 is 1.67 bits per heavy atom. The summed E-state index contributed by atoms with van der Waals surface area (Å²) in [6.07, 6.45) is 1.13. The van der Waals surface area contributed by atoms with Crippen LogP contribution in [0.1, 0.15) is 6.92 Å². The van der Waals surface area contributed by atoms with Crippen LogP contribution in [0.5, 0.6) is 0 Å². The van der Waals surface area contributed by atoms with E-state index in [2.05, 4.69) is 27.6 Å². The molecule has 3 saturated heterocycles. The minimum atomic E-state index is 0.551. The van der Waals surface area contributed by atoms with Crippen LogP contribution in [0.25, 0.3) is 0 Å². The first-order valence-corrected chi connectivity index (χ1v) is 5.32. The number of hydrogen-bond acceptors (Lipinski definition) is 3. The number of alkyl halides is 1. The van der Waals surface area contributed by atoms with E-state index in [-0.39, 0.29) is 0 Å². The highest BCUT2D eigenvalue weighted by Crippen LogP contribution is 2.10. The fourth-order valence-corrected chi connectivity index (χ4v) is 0.627. The Balaban J connectivity index is 0.0000000929. The molecule has 3 aliphatic rings. The van der Waals surface area contributed by atoms with Gasteiger partial charge < -0.3 is 14.2 Å². The number of epoxide rings is 3. The van der Waals surface area contributed by atoms with Crippen molar-refractivity contribution in [1.82, 2.24) is 0 Å². The van der Waals surface area contributed by atoms with E-state index in [4.69, 9.17) is 9.47 Å². The third-order valence-electron chi connectivity index (χ3n) is 1.28. The van der Waals surface area contributed by atoms with Gasteiger partial charge in [-0.3, -0.25) is 0 Å². The smallest absolute Gasteiger partial charge is 0.0906 e. The molecule has 3 rings (SSSR count). The van der Waals surface area contributed by atoms with E-state index in [1.165, 1.54) is 0 Å². The van der Waals surface area contributed by atoms with Gasteiger partial charge in [0.2, 0.25) is 0 Å². The maximum absolute atomic E-state index is 4.81. The Morgan fingerprint density at radius 2 is 1.67 bits per heavy atom. The molecule has 3 nitrogen and oxygen atoms in total. The van der Waals surface area contributed by atoms with Crippen LogP contribution in [-0.2, 0) is 14.2 Å². The van der Waals surface area contributed by atoms with Crippen molar-refractivity contribution in [2.75, 3.05) is 31.8 Å². The average molecular weight is 239 g/mol. The molecule has 3 fully saturated rings. The number of ether oxygens (including phenoxy) is 3. The lowest BCUT2D eigenvalue weighted by molar-refractivity contribution is 0.423. The largest absolute Gasteiger partial charge is 0.377 e. The van der Waals surface area contributed by atoms with Crippen molar-refractivity contribution in [3.63, 3.8) is 0 Å². The van der Waals surface area contributed by atoms with Crippen LogP contribution in [0.4, 0.5) is 0 Å². The Morgan fingerprint density at radius 1 is 1.25 bits per heavy atom. The molecule has 3 heterocycles. The minimum Gasteiger partial charge on any atom is -0.377 e. The first kappa shape index (κ1) is 10.4. The fraction of sp³-hybridized carbons (Fsp3) is 1.00. The third-order valence-corrected chi connectivity index (χ3v) is 2.00. The van der Waals surface area contributed by atoms with Crippen molar-refractivity contribution in [1.29, 1.82) is 0 Å². The van der Waals surface area contributed by atoms with E-state index in [1.807, 2.05) is 0 Å². The van der Waals surface area contributed by atoms with Crippen molar-refractivity contribution in [2.45, 2.75) is 19.1 Å². The van der Waals surface area contributed by atoms with Crippen molar-refractivity contribution in [2.24, 2.45) is 0 Å². The molecule has 0 N–H and O–H groups in total. The topological polar surface area (TPSA) is 37.6 Å². The first-order chi connectivity index (χ1) is 5.83. The summed E-state index contributed by atoms with van der Waals surface area (Å²) in [4.78, 5) is 0. The van der Waals surface area contributed by atoms with Crippen LogP contribution >= 0.6 is 15.9 Å². The maximum atomic E-state index is 4.81. The number of hydrogen-bond donors (Lipinski definition) is 0. The van der Waals surface area contributed by atoms with Gasteiger partial charge in [-0.05, 0) is 6.92 Å². The van der Waals surface area contributed by atoms with Gasteiger partial charge in [0.25, 0.3) is 0 Å². The zero-order valence-electron chi connectivity index (χ0n) is 7.29. The molecular weight excluding hydrogens is 224 g/mol. The molecule has 0 aromatic heterocycles. The standard InChI is InChI=1S/C3H5BrO.C3H6O.C2H4O/c4-1-3-2-5-3;1-3-2-4-3;1-2-3-1/h3H,1-2H2;3H,2H2,1H3;1-2H2. The zero-order valence-corrected chi connectivity index (χ0v) is 8.88. The van der Waals surface area contributed by atoms with Gasteiger partial charge in [0.1, 0.15) is 0 Å². The van der Waals surface area contributed by atoms with E-state index >= 15 is 0 Å². The molecule has 72 valence electrons. The summed E-state index contributed by atoms with van der Waals surface area (Å²) >= 11 is 3.25. The molecule has 0 aromatic carbocycles. The van der Waals surface area contributed by atoms with Crippen LogP contribution < -0.4 is 0 Å². The van der Waals surface area contributed by atoms with Gasteiger partial charge in [0, 0.05) is 5.33 Å². The monoisotopic (exact) mass is 238 g/mol. The van der Waals surface area contributed by atoms with Crippen molar-refractivity contribution in [3.8, 4) is 0 Å².